The minimum atomic E-state index is -2.30. The van der Waals surface area contributed by atoms with Gasteiger partial charge in [0, 0.05) is 6.07 Å². The number of rotatable bonds is 5. The predicted molar refractivity (Wildman–Crippen MR) is 51.7 cm³/mol. The standard InChI is InChI=1S/C8H9NO5S/c10-9(11)8-4-2-1-3-7(8)5-14-6-15(12)13/h1-4H,5-6H2,(H,12,13)/p-1. The van der Waals surface area contributed by atoms with Gasteiger partial charge in [-0.2, -0.15) is 0 Å². The number of nitro groups is 1. The van der Waals surface area contributed by atoms with Gasteiger partial charge in [-0.05, 0) is 17.1 Å². The van der Waals surface area contributed by atoms with Crippen LogP contribution in [0.1, 0.15) is 5.56 Å². The van der Waals surface area contributed by atoms with E-state index in [4.69, 9.17) is 4.74 Å². The van der Waals surface area contributed by atoms with Crippen molar-refractivity contribution in [1.82, 2.24) is 0 Å². The Labute approximate surface area is 88.3 Å². The summed E-state index contributed by atoms with van der Waals surface area (Å²) in [5.41, 5.74) is 0.280. The Balaban J connectivity index is 2.67. The van der Waals surface area contributed by atoms with Crippen molar-refractivity contribution in [3.05, 3.63) is 39.9 Å². The third-order valence-electron chi connectivity index (χ3n) is 1.63. The third kappa shape index (κ3) is 3.74. The minimum absolute atomic E-state index is 0.0748. The van der Waals surface area contributed by atoms with Crippen LogP contribution < -0.4 is 0 Å². The molecule has 1 rings (SSSR count). The number of para-hydroxylation sites is 1. The summed E-state index contributed by atoms with van der Waals surface area (Å²) in [4.78, 5) is 10.0. The van der Waals surface area contributed by atoms with Crippen LogP contribution in [0.5, 0.6) is 0 Å². The Morgan fingerprint density at radius 2 is 2.07 bits per heavy atom. The van der Waals surface area contributed by atoms with Gasteiger partial charge in [0.05, 0.1) is 17.1 Å². The maximum absolute atomic E-state index is 10.5. The van der Waals surface area contributed by atoms with Crippen LogP contribution in [0.4, 0.5) is 5.69 Å². The fraction of sp³-hybridized carbons (Fsp3) is 0.250. The van der Waals surface area contributed by atoms with E-state index in [0.29, 0.717) is 5.56 Å². The average molecular weight is 230 g/mol. The average Bonchev–Trinajstić information content (AvgIpc) is 2.17. The van der Waals surface area contributed by atoms with Gasteiger partial charge in [0.25, 0.3) is 5.69 Å². The summed E-state index contributed by atoms with van der Waals surface area (Å²) in [5, 5.41) is 10.5. The normalized spacial score (nSPS) is 12.3. The lowest BCUT2D eigenvalue weighted by atomic mass is 10.2. The van der Waals surface area contributed by atoms with Crippen LogP contribution in [-0.2, 0) is 22.4 Å². The Hall–Kier alpha value is -1.31. The van der Waals surface area contributed by atoms with Crippen LogP contribution in [0.2, 0.25) is 0 Å². The van der Waals surface area contributed by atoms with E-state index in [2.05, 4.69) is 0 Å². The lowest BCUT2D eigenvalue weighted by molar-refractivity contribution is -0.385. The smallest absolute Gasteiger partial charge is 0.274 e. The molecule has 0 aromatic heterocycles. The molecule has 0 saturated carbocycles. The van der Waals surface area contributed by atoms with Gasteiger partial charge in [-0.1, -0.05) is 12.1 Å². The molecule has 0 aliphatic carbocycles. The number of ether oxygens (including phenoxy) is 1. The highest BCUT2D eigenvalue weighted by Gasteiger charge is 2.11. The predicted octanol–water partition coefficient (Wildman–Crippen LogP) is 0.948. The zero-order chi connectivity index (χ0) is 11.3. The molecule has 0 heterocycles. The first-order chi connectivity index (χ1) is 7.11. The molecule has 15 heavy (non-hydrogen) atoms. The van der Waals surface area contributed by atoms with Crippen molar-refractivity contribution in [3.8, 4) is 0 Å². The summed E-state index contributed by atoms with van der Waals surface area (Å²) in [5.74, 6) is -0.466. The van der Waals surface area contributed by atoms with Gasteiger partial charge in [-0.3, -0.25) is 14.3 Å². The SMILES string of the molecule is O=[N+]([O-])c1ccccc1COCS(=O)[O-]. The van der Waals surface area contributed by atoms with Gasteiger partial charge < -0.3 is 9.29 Å². The molecule has 82 valence electrons. The highest BCUT2D eigenvalue weighted by molar-refractivity contribution is 7.78. The van der Waals surface area contributed by atoms with Crippen LogP contribution in [0.15, 0.2) is 24.3 Å². The van der Waals surface area contributed by atoms with Crippen molar-refractivity contribution in [2.24, 2.45) is 0 Å². The van der Waals surface area contributed by atoms with Gasteiger partial charge in [-0.15, -0.1) is 0 Å². The van der Waals surface area contributed by atoms with Crippen molar-refractivity contribution >= 4 is 16.8 Å². The second-order valence-corrected chi connectivity index (χ2v) is 3.50. The molecule has 0 spiro atoms. The van der Waals surface area contributed by atoms with E-state index in [1.54, 1.807) is 6.07 Å². The van der Waals surface area contributed by atoms with Gasteiger partial charge >= 0.3 is 0 Å². The lowest BCUT2D eigenvalue weighted by Gasteiger charge is -2.06. The fourth-order valence-electron chi connectivity index (χ4n) is 1.03. The maximum atomic E-state index is 10.5. The van der Waals surface area contributed by atoms with Crippen molar-refractivity contribution in [1.29, 1.82) is 0 Å². The second kappa shape index (κ2) is 5.54. The van der Waals surface area contributed by atoms with Gasteiger partial charge in [0.2, 0.25) is 0 Å². The molecule has 6 nitrogen and oxygen atoms in total. The van der Waals surface area contributed by atoms with E-state index in [0.717, 1.165) is 0 Å². The monoisotopic (exact) mass is 230 g/mol. The van der Waals surface area contributed by atoms with Crippen LogP contribution in [0, 0.1) is 10.1 Å². The number of benzene rings is 1. The quantitative estimate of drug-likeness (QED) is 0.426. The molecular weight excluding hydrogens is 222 g/mol. The molecule has 1 aromatic carbocycles. The van der Waals surface area contributed by atoms with Crippen molar-refractivity contribution in [3.63, 3.8) is 0 Å². The zero-order valence-corrected chi connectivity index (χ0v) is 8.44. The summed E-state index contributed by atoms with van der Waals surface area (Å²) < 4.78 is 25.1. The molecule has 1 unspecified atom stereocenters. The number of nitro benzene ring substituents is 1. The highest BCUT2D eigenvalue weighted by atomic mass is 32.2. The Kier molecular flexibility index (Phi) is 4.35. The van der Waals surface area contributed by atoms with Crippen LogP contribution in [0.3, 0.4) is 0 Å². The first-order valence-electron chi connectivity index (χ1n) is 3.97. The van der Waals surface area contributed by atoms with E-state index in [-0.39, 0.29) is 12.3 Å². The second-order valence-electron chi connectivity index (χ2n) is 2.66. The zero-order valence-electron chi connectivity index (χ0n) is 7.62. The van der Waals surface area contributed by atoms with Gasteiger partial charge in [0.1, 0.15) is 5.94 Å². The molecule has 0 aliphatic rings. The molecule has 0 aliphatic heterocycles. The number of hydrogen-bond acceptors (Lipinski definition) is 5. The molecule has 0 saturated heterocycles. The number of hydrogen-bond donors (Lipinski definition) is 0. The van der Waals surface area contributed by atoms with Crippen LogP contribution in [-0.4, -0.2) is 19.6 Å². The van der Waals surface area contributed by atoms with Crippen LogP contribution >= 0.6 is 0 Å². The molecule has 0 bridgehead atoms. The molecule has 1 aromatic rings. The topological polar surface area (TPSA) is 92.5 Å². The molecule has 0 amide bonds. The largest absolute Gasteiger partial charge is 0.771 e. The summed E-state index contributed by atoms with van der Waals surface area (Å²) in [6.45, 7) is -0.0921. The fourth-order valence-corrected chi connectivity index (χ4v) is 1.25. The summed E-state index contributed by atoms with van der Waals surface area (Å²) in [7, 11) is 0. The summed E-state index contributed by atoms with van der Waals surface area (Å²) in [6.07, 6.45) is 0. The van der Waals surface area contributed by atoms with E-state index in [1.165, 1.54) is 18.2 Å². The molecule has 0 fully saturated rings. The lowest BCUT2D eigenvalue weighted by Crippen LogP contribution is -2.03. The van der Waals surface area contributed by atoms with Crippen molar-refractivity contribution in [2.45, 2.75) is 6.61 Å². The van der Waals surface area contributed by atoms with Crippen LogP contribution in [0.25, 0.3) is 0 Å². The van der Waals surface area contributed by atoms with E-state index in [1.807, 2.05) is 0 Å². The number of nitrogens with zero attached hydrogens (tertiary/aromatic N) is 1. The van der Waals surface area contributed by atoms with Crippen molar-refractivity contribution < 1.29 is 18.4 Å². The first kappa shape index (κ1) is 11.8. The minimum Gasteiger partial charge on any atom is -0.771 e. The molecule has 7 heteroatoms. The first-order valence-corrected chi connectivity index (χ1v) is 5.21. The van der Waals surface area contributed by atoms with Gasteiger partial charge in [-0.25, -0.2) is 0 Å². The van der Waals surface area contributed by atoms with E-state index >= 15 is 0 Å². The maximum Gasteiger partial charge on any atom is 0.274 e. The van der Waals surface area contributed by atoms with E-state index < -0.39 is 21.9 Å². The van der Waals surface area contributed by atoms with E-state index in [9.17, 15) is 18.9 Å². The Morgan fingerprint density at radius 3 is 2.67 bits per heavy atom. The highest BCUT2D eigenvalue weighted by Crippen LogP contribution is 2.18. The third-order valence-corrected chi connectivity index (χ3v) is 1.98. The summed E-state index contributed by atoms with van der Waals surface area (Å²) in [6, 6.07) is 6.02. The Morgan fingerprint density at radius 1 is 1.40 bits per heavy atom. The molecular formula is C8H8NO5S-. The molecule has 0 radical (unpaired) electrons. The molecule has 1 atom stereocenters. The van der Waals surface area contributed by atoms with Crippen molar-refractivity contribution in [2.75, 3.05) is 5.94 Å². The van der Waals surface area contributed by atoms with Gasteiger partial charge in [0.15, 0.2) is 0 Å². The summed E-state index contributed by atoms with van der Waals surface area (Å²) >= 11 is -2.30. The Bertz CT molecular complexity index is 381. The molecule has 0 N–H and O–H groups in total.